The molecule has 1 heterocycles. The van der Waals surface area contributed by atoms with Gasteiger partial charge in [-0.3, -0.25) is 4.79 Å². The molecule has 0 radical (unpaired) electrons. The number of methoxy groups -OCH3 is 2. The van der Waals surface area contributed by atoms with Gasteiger partial charge in [-0.05, 0) is 48.7 Å². The topological polar surface area (TPSA) is 84.9 Å². The number of halogens is 2. The Bertz CT molecular complexity index is 1030. The third-order valence-corrected chi connectivity index (χ3v) is 7.13. The first kappa shape index (κ1) is 23.0. The number of carbonyl (C=O) groups is 1. The van der Waals surface area contributed by atoms with Crippen LogP contribution < -0.4 is 14.8 Å². The number of nitrogens with one attached hydrogen (secondary N) is 1. The minimum Gasteiger partial charge on any atom is -0.497 e. The van der Waals surface area contributed by atoms with Crippen LogP contribution in [-0.2, 0) is 21.4 Å². The maximum Gasteiger partial charge on any atom is 0.243 e. The average Bonchev–Trinajstić information content (AvgIpc) is 2.78. The van der Waals surface area contributed by atoms with Gasteiger partial charge in [0.25, 0.3) is 0 Å². The molecule has 168 valence electrons. The quantitative estimate of drug-likeness (QED) is 0.696. The number of hydrogen-bond acceptors (Lipinski definition) is 5. The Kier molecular flexibility index (Phi) is 7.11. The number of sulfonamides is 1. The van der Waals surface area contributed by atoms with Gasteiger partial charge >= 0.3 is 0 Å². The molecular formula is C21H24F2N2O5S. The van der Waals surface area contributed by atoms with E-state index < -0.39 is 21.7 Å². The van der Waals surface area contributed by atoms with Gasteiger partial charge in [-0.2, -0.15) is 4.31 Å². The molecule has 0 saturated carbocycles. The maximum absolute atomic E-state index is 13.4. The van der Waals surface area contributed by atoms with E-state index in [1.807, 2.05) is 0 Å². The molecule has 1 aliphatic heterocycles. The van der Waals surface area contributed by atoms with Crippen LogP contribution in [-0.4, -0.2) is 45.9 Å². The second-order valence-corrected chi connectivity index (χ2v) is 9.13. The molecular weight excluding hydrogens is 430 g/mol. The summed E-state index contributed by atoms with van der Waals surface area (Å²) in [6.45, 7) is 0.512. The molecule has 0 aromatic heterocycles. The summed E-state index contributed by atoms with van der Waals surface area (Å²) in [4.78, 5) is 12.3. The molecule has 0 atom stereocenters. The van der Waals surface area contributed by atoms with E-state index in [-0.39, 0.29) is 36.4 Å². The average molecular weight is 454 g/mol. The standard InChI is InChI=1S/C21H24F2N2O5S/c1-29-16-9-14(10-17(11-16)30-2)13-24-21(26)15-5-7-25(8-6-15)31(27,28)18-3-4-19(22)20(23)12-18/h3-4,9-12,15H,5-8,13H2,1-2H3,(H,24,26). The van der Waals surface area contributed by atoms with Crippen LogP contribution in [0.5, 0.6) is 11.5 Å². The van der Waals surface area contributed by atoms with Crippen LogP contribution in [0.3, 0.4) is 0 Å². The molecule has 31 heavy (non-hydrogen) atoms. The highest BCUT2D eigenvalue weighted by molar-refractivity contribution is 7.89. The van der Waals surface area contributed by atoms with Crippen molar-refractivity contribution < 1.29 is 31.5 Å². The van der Waals surface area contributed by atoms with E-state index in [0.717, 1.165) is 17.7 Å². The summed E-state index contributed by atoms with van der Waals surface area (Å²) < 4.78 is 63.5. The molecule has 0 bridgehead atoms. The van der Waals surface area contributed by atoms with E-state index >= 15 is 0 Å². The Morgan fingerprint density at radius 3 is 2.19 bits per heavy atom. The van der Waals surface area contributed by atoms with Crippen LogP contribution in [0.15, 0.2) is 41.3 Å². The van der Waals surface area contributed by atoms with Crippen molar-refractivity contribution in [3.8, 4) is 11.5 Å². The number of benzene rings is 2. The molecule has 1 saturated heterocycles. The first-order valence-electron chi connectivity index (χ1n) is 9.69. The zero-order valence-electron chi connectivity index (χ0n) is 17.2. The number of ether oxygens (including phenoxy) is 2. The zero-order valence-corrected chi connectivity index (χ0v) is 18.0. The monoisotopic (exact) mass is 454 g/mol. The second kappa shape index (κ2) is 9.61. The lowest BCUT2D eigenvalue weighted by molar-refractivity contribution is -0.126. The normalized spacial score (nSPS) is 15.5. The van der Waals surface area contributed by atoms with E-state index in [2.05, 4.69) is 5.32 Å². The van der Waals surface area contributed by atoms with E-state index in [4.69, 9.17) is 9.47 Å². The lowest BCUT2D eigenvalue weighted by Crippen LogP contribution is -2.42. The summed E-state index contributed by atoms with van der Waals surface area (Å²) >= 11 is 0. The first-order valence-corrected chi connectivity index (χ1v) is 11.1. The zero-order chi connectivity index (χ0) is 22.6. The molecule has 1 N–H and O–H groups in total. The van der Waals surface area contributed by atoms with Gasteiger partial charge in [0.15, 0.2) is 11.6 Å². The van der Waals surface area contributed by atoms with Crippen molar-refractivity contribution in [3.05, 3.63) is 53.6 Å². The summed E-state index contributed by atoms with van der Waals surface area (Å²) in [7, 11) is -0.872. The van der Waals surface area contributed by atoms with Crippen molar-refractivity contribution in [1.29, 1.82) is 0 Å². The van der Waals surface area contributed by atoms with E-state index in [1.165, 1.54) is 4.31 Å². The number of carbonyl (C=O) groups excluding carboxylic acids is 1. The second-order valence-electron chi connectivity index (χ2n) is 7.19. The predicted molar refractivity (Wildman–Crippen MR) is 109 cm³/mol. The number of hydrogen-bond donors (Lipinski definition) is 1. The van der Waals surface area contributed by atoms with Gasteiger partial charge in [0, 0.05) is 31.6 Å². The molecule has 3 rings (SSSR count). The highest BCUT2D eigenvalue weighted by Crippen LogP contribution is 2.26. The summed E-state index contributed by atoms with van der Waals surface area (Å²) in [6, 6.07) is 7.81. The lowest BCUT2D eigenvalue weighted by atomic mass is 9.97. The van der Waals surface area contributed by atoms with Gasteiger partial charge in [-0.25, -0.2) is 17.2 Å². The highest BCUT2D eigenvalue weighted by Gasteiger charge is 2.32. The van der Waals surface area contributed by atoms with Crippen molar-refractivity contribution in [1.82, 2.24) is 9.62 Å². The van der Waals surface area contributed by atoms with Crippen LogP contribution in [0.2, 0.25) is 0 Å². The molecule has 0 spiro atoms. The first-order chi connectivity index (χ1) is 14.7. The van der Waals surface area contributed by atoms with Crippen LogP contribution in [0.4, 0.5) is 8.78 Å². The van der Waals surface area contributed by atoms with Crippen molar-refractivity contribution in [3.63, 3.8) is 0 Å². The van der Waals surface area contributed by atoms with Crippen molar-refractivity contribution in [2.75, 3.05) is 27.3 Å². The number of amides is 1. The Balaban J connectivity index is 1.58. The lowest BCUT2D eigenvalue weighted by Gasteiger charge is -2.30. The van der Waals surface area contributed by atoms with E-state index in [1.54, 1.807) is 32.4 Å². The van der Waals surface area contributed by atoms with Crippen molar-refractivity contribution in [2.24, 2.45) is 5.92 Å². The number of rotatable bonds is 7. The van der Waals surface area contributed by atoms with E-state index in [0.29, 0.717) is 30.4 Å². The smallest absolute Gasteiger partial charge is 0.243 e. The molecule has 1 fully saturated rings. The van der Waals surface area contributed by atoms with Gasteiger partial charge in [0.2, 0.25) is 15.9 Å². The molecule has 2 aromatic carbocycles. The summed E-state index contributed by atoms with van der Waals surface area (Å²) in [6.07, 6.45) is 0.659. The Labute approximate surface area is 180 Å². The van der Waals surface area contributed by atoms with Gasteiger partial charge < -0.3 is 14.8 Å². The highest BCUT2D eigenvalue weighted by atomic mass is 32.2. The summed E-state index contributed by atoms with van der Waals surface area (Å²) in [5, 5.41) is 2.86. The van der Waals surface area contributed by atoms with Crippen LogP contribution in [0.25, 0.3) is 0 Å². The molecule has 1 aliphatic rings. The van der Waals surface area contributed by atoms with Crippen LogP contribution in [0, 0.1) is 17.6 Å². The maximum atomic E-state index is 13.4. The molecule has 2 aromatic rings. The summed E-state index contributed by atoms with van der Waals surface area (Å²) in [5.74, 6) is -1.62. The Morgan fingerprint density at radius 1 is 1.03 bits per heavy atom. The minimum absolute atomic E-state index is 0.117. The number of nitrogens with zero attached hydrogens (tertiary/aromatic N) is 1. The third kappa shape index (κ3) is 5.31. The fourth-order valence-corrected chi connectivity index (χ4v) is 4.93. The third-order valence-electron chi connectivity index (χ3n) is 5.23. The van der Waals surface area contributed by atoms with Crippen LogP contribution in [0.1, 0.15) is 18.4 Å². The largest absolute Gasteiger partial charge is 0.497 e. The fourth-order valence-electron chi connectivity index (χ4n) is 3.45. The van der Waals surface area contributed by atoms with Crippen molar-refractivity contribution in [2.45, 2.75) is 24.3 Å². The van der Waals surface area contributed by atoms with Gasteiger partial charge in [0.1, 0.15) is 11.5 Å². The number of piperidine rings is 1. The molecule has 7 nitrogen and oxygen atoms in total. The Morgan fingerprint density at radius 2 is 1.65 bits per heavy atom. The molecule has 0 aliphatic carbocycles. The van der Waals surface area contributed by atoms with Crippen LogP contribution >= 0.6 is 0 Å². The van der Waals surface area contributed by atoms with E-state index in [9.17, 15) is 22.0 Å². The molecule has 1 amide bonds. The van der Waals surface area contributed by atoms with Gasteiger partial charge in [0.05, 0.1) is 19.1 Å². The Hall–Kier alpha value is -2.72. The predicted octanol–water partition coefficient (Wildman–Crippen LogP) is 2.70. The summed E-state index contributed by atoms with van der Waals surface area (Å²) in [5.41, 5.74) is 0.808. The van der Waals surface area contributed by atoms with Gasteiger partial charge in [-0.1, -0.05) is 0 Å². The molecule has 10 heteroatoms. The minimum atomic E-state index is -3.95. The fraction of sp³-hybridized carbons (Fsp3) is 0.381. The molecule has 0 unspecified atom stereocenters. The van der Waals surface area contributed by atoms with Gasteiger partial charge in [-0.15, -0.1) is 0 Å². The SMILES string of the molecule is COc1cc(CNC(=O)C2CCN(S(=O)(=O)c3ccc(F)c(F)c3)CC2)cc(OC)c1. The van der Waals surface area contributed by atoms with Crippen molar-refractivity contribution >= 4 is 15.9 Å².